The van der Waals surface area contributed by atoms with Crippen LogP contribution < -0.4 is 15.0 Å². The number of methoxy groups -OCH3 is 1. The van der Waals surface area contributed by atoms with Crippen molar-refractivity contribution in [1.82, 2.24) is 15.1 Å². The maximum atomic E-state index is 13.6. The molecule has 5 aliphatic heterocycles. The molecular weight excluding hydrogens is 665 g/mol. The first-order valence-electron chi connectivity index (χ1n) is 18.5. The Morgan fingerprint density at radius 2 is 1.60 bits per heavy atom. The van der Waals surface area contributed by atoms with Crippen molar-refractivity contribution in [1.29, 1.82) is 0 Å². The highest BCUT2D eigenvalue weighted by molar-refractivity contribution is 6.03. The third kappa shape index (κ3) is 7.45. The van der Waals surface area contributed by atoms with Crippen LogP contribution in [0.1, 0.15) is 60.9 Å². The second-order valence-corrected chi connectivity index (χ2v) is 14.9. The number of piperazine rings is 1. The number of halogens is 1. The Balaban J connectivity index is 0.941. The van der Waals surface area contributed by atoms with Crippen LogP contribution in [0.15, 0.2) is 66.7 Å². The van der Waals surface area contributed by atoms with Crippen molar-refractivity contribution in [3.05, 3.63) is 89.2 Å². The number of ether oxygens (including phenoxy) is 1. The van der Waals surface area contributed by atoms with Gasteiger partial charge in [0.1, 0.15) is 17.3 Å². The van der Waals surface area contributed by atoms with Crippen LogP contribution in [0.3, 0.4) is 0 Å². The van der Waals surface area contributed by atoms with Crippen molar-refractivity contribution in [2.45, 2.75) is 50.8 Å². The zero-order valence-corrected chi connectivity index (χ0v) is 29.8. The molecule has 4 amide bonds. The van der Waals surface area contributed by atoms with Crippen molar-refractivity contribution in [3.63, 3.8) is 0 Å². The first-order chi connectivity index (χ1) is 25.1. The van der Waals surface area contributed by atoms with Crippen LogP contribution in [0.2, 0.25) is 0 Å². The van der Waals surface area contributed by atoms with Crippen LogP contribution in [0.25, 0.3) is 0 Å². The number of hydrogen-bond donors (Lipinski definition) is 3. The van der Waals surface area contributed by atoms with E-state index in [1.54, 1.807) is 21.9 Å². The predicted molar refractivity (Wildman–Crippen MR) is 193 cm³/mol. The fourth-order valence-corrected chi connectivity index (χ4v) is 8.55. The van der Waals surface area contributed by atoms with E-state index in [-0.39, 0.29) is 35.8 Å². The number of anilines is 1. The number of nitrogens with one attached hydrogen (secondary N) is 1. The fraction of sp³-hybridized carbons (Fsp3) is 0.475. The van der Waals surface area contributed by atoms with Crippen LogP contribution in [-0.4, -0.2) is 102 Å². The average molecular weight is 715 g/mol. The number of fused-ring (bicyclic) bond motifs is 3. The molecule has 5 aliphatic rings. The van der Waals surface area contributed by atoms with Crippen molar-refractivity contribution in [2.75, 3.05) is 64.4 Å². The quantitative estimate of drug-likeness (QED) is 0.195. The van der Waals surface area contributed by atoms with Gasteiger partial charge in [0.2, 0.25) is 5.91 Å². The number of urea groups is 1. The monoisotopic (exact) mass is 714 g/mol. The predicted octanol–water partition coefficient (Wildman–Crippen LogP) is 4.74. The van der Waals surface area contributed by atoms with Crippen molar-refractivity contribution in [3.8, 4) is 11.5 Å². The summed E-state index contributed by atoms with van der Waals surface area (Å²) in [6.07, 6.45) is 3.49. The van der Waals surface area contributed by atoms with Gasteiger partial charge in [0, 0.05) is 50.0 Å². The lowest BCUT2D eigenvalue weighted by molar-refractivity contribution is -0.935. The minimum Gasteiger partial charge on any atom is -0.507 e. The molecule has 5 heterocycles. The molecule has 0 spiro atoms. The lowest BCUT2D eigenvalue weighted by Crippen LogP contribution is -2.63. The summed E-state index contributed by atoms with van der Waals surface area (Å²) in [6.45, 7) is 6.33. The smallest absolute Gasteiger partial charge is 0.317 e. The zero-order chi connectivity index (χ0) is 36.4. The molecule has 3 N–H and O–H groups in total. The highest BCUT2D eigenvalue weighted by Gasteiger charge is 2.49. The molecule has 0 saturated carbocycles. The highest BCUT2D eigenvalue weighted by atomic mass is 19.1. The van der Waals surface area contributed by atoms with E-state index >= 15 is 0 Å². The number of phenols is 1. The number of quaternary nitrogens is 1. The average Bonchev–Trinajstić information content (AvgIpc) is 3.17. The Hall–Kier alpha value is -4.68. The Morgan fingerprint density at radius 1 is 0.942 bits per heavy atom. The molecule has 3 aromatic carbocycles. The summed E-state index contributed by atoms with van der Waals surface area (Å²) in [6, 6.07) is 17.4. The Kier molecular flexibility index (Phi) is 10.4. The molecule has 0 aromatic heterocycles. The first kappa shape index (κ1) is 35.7. The normalized spacial score (nSPS) is 24.7. The molecule has 5 fully saturated rings. The number of carbonyl (C=O) groups excluding carboxylic acids is 3. The third-order valence-corrected chi connectivity index (χ3v) is 11.9. The van der Waals surface area contributed by atoms with Crippen molar-refractivity contribution >= 4 is 23.5 Å². The van der Waals surface area contributed by atoms with Crippen molar-refractivity contribution in [2.24, 2.45) is 11.8 Å². The van der Waals surface area contributed by atoms with E-state index in [2.05, 4.69) is 5.32 Å². The molecule has 5 saturated heterocycles. The summed E-state index contributed by atoms with van der Waals surface area (Å²) >= 11 is 0. The van der Waals surface area contributed by atoms with E-state index in [1.807, 2.05) is 29.2 Å². The van der Waals surface area contributed by atoms with Gasteiger partial charge in [-0.05, 0) is 85.5 Å². The Morgan fingerprint density at radius 3 is 2.23 bits per heavy atom. The van der Waals surface area contributed by atoms with Gasteiger partial charge in [0.25, 0.3) is 5.91 Å². The SMILES string of the molecule is COc1ccc([C@@H]2[C@@H](CC[C@H](O)c3ccc(F)cc3)C(=O)N2c2ccc(CNC(=O)N3CCN(C(=O)C[N+]45CCC(CC4)CC5)CC3)cc2)c(O)c1. The Labute approximate surface area is 304 Å². The summed E-state index contributed by atoms with van der Waals surface area (Å²) in [5.41, 5.74) is 2.65. The number of amides is 4. The molecule has 276 valence electrons. The first-order valence-corrected chi connectivity index (χ1v) is 18.5. The molecular formula is C40H49FN5O6+. The van der Waals surface area contributed by atoms with Gasteiger partial charge in [-0.1, -0.05) is 24.3 Å². The standard InChI is InChI=1S/C40H48FN5O6/c1-52-32-10-11-33(36(48)24-32)38-34(12-13-35(47)29-4-6-30(41)7-5-29)39(50)45(38)31-8-2-28(3-9-31)25-42-40(51)44-19-17-43(18-20-44)37(49)26-46-21-14-27(15-22-46)16-23-46/h2-11,24,27,34-35,38,47H,12-23,25-26H2,1H3,(H-,42,48,51)/p+1/t27?,34-,35+,38-,46?/m1/s1. The summed E-state index contributed by atoms with van der Waals surface area (Å²) in [7, 11) is 1.51. The van der Waals surface area contributed by atoms with Gasteiger partial charge >= 0.3 is 6.03 Å². The van der Waals surface area contributed by atoms with E-state index in [9.17, 15) is 29.0 Å². The molecule has 0 aliphatic carbocycles. The van der Waals surface area contributed by atoms with E-state index in [0.717, 1.165) is 35.6 Å². The number of benzene rings is 3. The van der Waals surface area contributed by atoms with Crippen LogP contribution in [-0.2, 0) is 16.1 Å². The lowest BCUT2D eigenvalue weighted by atomic mass is 9.78. The molecule has 3 atom stereocenters. The van der Waals surface area contributed by atoms with Gasteiger partial charge in [-0.25, -0.2) is 9.18 Å². The van der Waals surface area contributed by atoms with Gasteiger partial charge in [0.05, 0.1) is 44.8 Å². The third-order valence-electron chi connectivity index (χ3n) is 11.9. The van der Waals surface area contributed by atoms with Gasteiger partial charge in [-0.15, -0.1) is 0 Å². The van der Waals surface area contributed by atoms with Crippen molar-refractivity contribution < 1.29 is 38.2 Å². The lowest BCUT2D eigenvalue weighted by Gasteiger charge is -2.49. The van der Waals surface area contributed by atoms with Gasteiger partial charge in [-0.2, -0.15) is 0 Å². The number of nitrogens with zero attached hydrogens (tertiary/aromatic N) is 4. The number of carbonyl (C=O) groups is 3. The van der Waals surface area contributed by atoms with Gasteiger partial charge < -0.3 is 39.4 Å². The number of phenolic OH excluding ortho intramolecular Hbond substituents is 1. The van der Waals surface area contributed by atoms with Crippen LogP contribution in [0.5, 0.6) is 11.5 Å². The highest BCUT2D eigenvalue weighted by Crippen LogP contribution is 2.49. The largest absolute Gasteiger partial charge is 0.507 e. The van der Waals surface area contributed by atoms with E-state index in [0.29, 0.717) is 68.3 Å². The van der Waals surface area contributed by atoms with Crippen LogP contribution >= 0.6 is 0 Å². The van der Waals surface area contributed by atoms with Crippen LogP contribution in [0, 0.1) is 17.7 Å². The second-order valence-electron chi connectivity index (χ2n) is 14.9. The number of piperidine rings is 3. The summed E-state index contributed by atoms with van der Waals surface area (Å²) in [5, 5.41) is 24.7. The molecule has 0 radical (unpaired) electrons. The molecule has 12 heteroatoms. The molecule has 11 nitrogen and oxygen atoms in total. The molecule has 3 aromatic rings. The summed E-state index contributed by atoms with van der Waals surface area (Å²) in [5.74, 6) is 0.546. The Bertz CT molecular complexity index is 1740. The maximum absolute atomic E-state index is 13.6. The minimum atomic E-state index is -0.867. The number of rotatable bonds is 11. The number of aromatic hydroxyl groups is 1. The molecule has 52 heavy (non-hydrogen) atoms. The van der Waals surface area contributed by atoms with E-state index < -0.39 is 18.1 Å². The summed E-state index contributed by atoms with van der Waals surface area (Å²) < 4.78 is 19.6. The molecule has 2 bridgehead atoms. The number of hydrogen-bond acceptors (Lipinski definition) is 6. The molecule has 0 unspecified atom stereocenters. The van der Waals surface area contributed by atoms with Crippen LogP contribution in [0.4, 0.5) is 14.9 Å². The second kappa shape index (κ2) is 15.1. The zero-order valence-electron chi connectivity index (χ0n) is 29.8. The summed E-state index contributed by atoms with van der Waals surface area (Å²) in [4.78, 5) is 45.2. The minimum absolute atomic E-state index is 0.00508. The topological polar surface area (TPSA) is 123 Å². The van der Waals surface area contributed by atoms with E-state index in [4.69, 9.17) is 4.74 Å². The number of aliphatic hydroxyl groups is 1. The molecule has 8 rings (SSSR count). The van der Waals surface area contributed by atoms with Gasteiger partial charge in [0.15, 0.2) is 6.54 Å². The number of β-lactam (4-membered cyclic amide) rings is 1. The van der Waals surface area contributed by atoms with Gasteiger partial charge in [-0.3, -0.25) is 9.59 Å². The fourth-order valence-electron chi connectivity index (χ4n) is 8.55. The van der Waals surface area contributed by atoms with E-state index in [1.165, 1.54) is 56.7 Å². The number of aliphatic hydroxyl groups excluding tert-OH is 1. The maximum Gasteiger partial charge on any atom is 0.317 e.